The summed E-state index contributed by atoms with van der Waals surface area (Å²) in [7, 11) is 0. The third-order valence-corrected chi connectivity index (χ3v) is 6.29. The molecule has 2 fully saturated rings. The minimum absolute atomic E-state index is 0. The van der Waals surface area contributed by atoms with E-state index >= 15 is 0 Å². The molecule has 116 valence electrons. The first-order valence-corrected chi connectivity index (χ1v) is 8.55. The van der Waals surface area contributed by atoms with E-state index in [1.807, 2.05) is 11.3 Å². The topological polar surface area (TPSA) is 15.3 Å². The van der Waals surface area contributed by atoms with E-state index in [1.54, 1.807) is 4.88 Å². The number of hydrogen-bond donors (Lipinski definition) is 1. The summed E-state index contributed by atoms with van der Waals surface area (Å²) in [6.45, 7) is 6.90. The maximum atomic E-state index is 3.68. The second-order valence-electron chi connectivity index (χ2n) is 5.59. The molecule has 6 heteroatoms. The van der Waals surface area contributed by atoms with Gasteiger partial charge in [0.15, 0.2) is 0 Å². The number of rotatable bonds is 4. The molecule has 1 saturated carbocycles. The molecular weight excluding hydrogens is 379 g/mol. The molecule has 1 aromatic rings. The highest BCUT2D eigenvalue weighted by molar-refractivity contribution is 9.11. The Balaban J connectivity index is 0.000001000. The number of halogens is 3. The molecule has 3 rings (SSSR count). The predicted octanol–water partition coefficient (Wildman–Crippen LogP) is 4.41. The van der Waals surface area contributed by atoms with Crippen molar-refractivity contribution < 1.29 is 0 Å². The summed E-state index contributed by atoms with van der Waals surface area (Å²) >= 11 is 5.62. The minimum atomic E-state index is 0. The molecule has 1 aliphatic heterocycles. The summed E-state index contributed by atoms with van der Waals surface area (Å²) in [5.74, 6) is 0.992. The number of nitrogens with zero attached hydrogens (tertiary/aromatic N) is 1. The molecule has 0 unspecified atom stereocenters. The van der Waals surface area contributed by atoms with Crippen LogP contribution in [0.15, 0.2) is 9.85 Å². The zero-order valence-corrected chi connectivity index (χ0v) is 15.8. The van der Waals surface area contributed by atoms with E-state index in [0.717, 1.165) is 19.0 Å². The van der Waals surface area contributed by atoms with E-state index in [0.29, 0.717) is 6.04 Å². The monoisotopic (exact) mass is 400 g/mol. The summed E-state index contributed by atoms with van der Waals surface area (Å²) in [4.78, 5) is 4.25. The lowest BCUT2D eigenvalue weighted by molar-refractivity contribution is 0.163. The van der Waals surface area contributed by atoms with Gasteiger partial charge in [-0.05, 0) is 46.8 Å². The first kappa shape index (κ1) is 18.7. The molecule has 1 aliphatic carbocycles. The van der Waals surface area contributed by atoms with Gasteiger partial charge in [-0.25, -0.2) is 0 Å². The number of thiophene rings is 1. The normalized spacial score (nSPS) is 20.9. The van der Waals surface area contributed by atoms with Crippen LogP contribution in [0.2, 0.25) is 0 Å². The second kappa shape index (κ2) is 8.35. The number of hydrogen-bond acceptors (Lipinski definition) is 3. The van der Waals surface area contributed by atoms with E-state index in [-0.39, 0.29) is 24.8 Å². The van der Waals surface area contributed by atoms with Crippen LogP contribution in [-0.4, -0.2) is 31.1 Å². The lowest BCUT2D eigenvalue weighted by atomic mass is 10.1. The Hall–Kier alpha value is 0.680. The van der Waals surface area contributed by atoms with Crippen molar-refractivity contribution in [2.45, 2.75) is 32.2 Å². The number of piperazine rings is 1. The van der Waals surface area contributed by atoms with Gasteiger partial charge in [-0.3, -0.25) is 4.90 Å². The highest BCUT2D eigenvalue weighted by Crippen LogP contribution is 2.43. The Bertz CT molecular complexity index is 398. The van der Waals surface area contributed by atoms with Gasteiger partial charge >= 0.3 is 0 Å². The largest absolute Gasteiger partial charge is 0.314 e. The molecule has 20 heavy (non-hydrogen) atoms. The molecule has 0 bridgehead atoms. The van der Waals surface area contributed by atoms with Gasteiger partial charge in [0, 0.05) is 37.1 Å². The molecule has 2 aliphatic rings. The van der Waals surface area contributed by atoms with E-state index < -0.39 is 0 Å². The Labute approximate surface area is 146 Å². The van der Waals surface area contributed by atoms with Gasteiger partial charge in [-0.2, -0.15) is 0 Å². The van der Waals surface area contributed by atoms with Crippen molar-refractivity contribution in [2.24, 2.45) is 5.92 Å². The van der Waals surface area contributed by atoms with Crippen LogP contribution in [0.25, 0.3) is 0 Å². The molecule has 2 heterocycles. The van der Waals surface area contributed by atoms with Crippen LogP contribution >= 0.6 is 52.1 Å². The van der Waals surface area contributed by atoms with Crippen LogP contribution in [0.1, 0.15) is 35.7 Å². The first-order valence-electron chi connectivity index (χ1n) is 6.94. The van der Waals surface area contributed by atoms with Crippen molar-refractivity contribution in [1.82, 2.24) is 10.2 Å². The molecule has 1 atom stereocenters. The lowest BCUT2D eigenvalue weighted by Crippen LogP contribution is -2.45. The highest BCUT2D eigenvalue weighted by Gasteiger charge is 2.31. The molecule has 1 N–H and O–H groups in total. The van der Waals surface area contributed by atoms with Crippen LogP contribution in [0.3, 0.4) is 0 Å². The molecule has 2 nitrogen and oxygen atoms in total. The van der Waals surface area contributed by atoms with Gasteiger partial charge in [-0.15, -0.1) is 36.2 Å². The smallest absolute Gasteiger partial charge is 0.0731 e. The van der Waals surface area contributed by atoms with Crippen molar-refractivity contribution >= 4 is 52.1 Å². The van der Waals surface area contributed by atoms with Gasteiger partial charge in [0.05, 0.1) is 3.79 Å². The average Bonchev–Trinajstić information content (AvgIpc) is 3.14. The Morgan fingerprint density at radius 2 is 2.00 bits per heavy atom. The minimum Gasteiger partial charge on any atom is -0.314 e. The van der Waals surface area contributed by atoms with Crippen LogP contribution in [-0.2, 0) is 0 Å². The highest BCUT2D eigenvalue weighted by atomic mass is 79.9. The molecule has 0 aromatic carbocycles. The summed E-state index contributed by atoms with van der Waals surface area (Å²) in [6.07, 6.45) is 4.27. The van der Waals surface area contributed by atoms with Crippen LogP contribution in [0.5, 0.6) is 0 Å². The summed E-state index contributed by atoms with van der Waals surface area (Å²) < 4.78 is 1.31. The fourth-order valence-corrected chi connectivity index (χ4v) is 4.48. The van der Waals surface area contributed by atoms with E-state index in [1.165, 1.54) is 41.7 Å². The first-order chi connectivity index (χ1) is 8.74. The van der Waals surface area contributed by atoms with Crippen molar-refractivity contribution in [2.75, 3.05) is 26.2 Å². The fourth-order valence-electron chi connectivity index (χ4n) is 2.76. The fraction of sp³-hybridized carbons (Fsp3) is 0.714. The van der Waals surface area contributed by atoms with Gasteiger partial charge in [0.1, 0.15) is 0 Å². The Morgan fingerprint density at radius 3 is 2.50 bits per heavy atom. The SMILES string of the molecule is Cc1cc([C@H](CC2CC2)N2CCNCC2)sc1Br.Cl.Cl. The Kier molecular flexibility index (Phi) is 7.82. The average molecular weight is 402 g/mol. The molecule has 1 saturated heterocycles. The zero-order chi connectivity index (χ0) is 12.5. The van der Waals surface area contributed by atoms with Gasteiger partial charge in [0.2, 0.25) is 0 Å². The van der Waals surface area contributed by atoms with Crippen molar-refractivity contribution in [3.63, 3.8) is 0 Å². The third kappa shape index (κ3) is 4.59. The third-order valence-electron chi connectivity index (χ3n) is 4.05. The standard InChI is InChI=1S/C14H21BrN2S.2ClH/c1-10-8-13(18-14(10)15)12(9-11-2-3-11)17-6-4-16-5-7-17;;/h8,11-12,16H,2-7,9H2,1H3;2*1H/t12-;;/m0../s1. The van der Waals surface area contributed by atoms with E-state index in [9.17, 15) is 0 Å². The van der Waals surface area contributed by atoms with Crippen LogP contribution in [0.4, 0.5) is 0 Å². The van der Waals surface area contributed by atoms with Gasteiger partial charge < -0.3 is 5.32 Å². The van der Waals surface area contributed by atoms with Gasteiger partial charge in [-0.1, -0.05) is 12.8 Å². The number of aryl methyl sites for hydroxylation is 1. The summed E-state index contributed by atoms with van der Waals surface area (Å²) in [5, 5.41) is 3.46. The van der Waals surface area contributed by atoms with Gasteiger partial charge in [0.25, 0.3) is 0 Å². The van der Waals surface area contributed by atoms with Crippen LogP contribution in [0, 0.1) is 12.8 Å². The Morgan fingerprint density at radius 1 is 1.35 bits per heavy atom. The van der Waals surface area contributed by atoms with Crippen LogP contribution < -0.4 is 5.32 Å². The van der Waals surface area contributed by atoms with E-state index in [4.69, 9.17) is 0 Å². The second-order valence-corrected chi connectivity index (χ2v) is 7.99. The molecule has 1 aromatic heterocycles. The molecular formula is C14H23BrCl2N2S. The van der Waals surface area contributed by atoms with Crippen molar-refractivity contribution in [3.8, 4) is 0 Å². The van der Waals surface area contributed by atoms with E-state index in [2.05, 4.69) is 39.1 Å². The quantitative estimate of drug-likeness (QED) is 0.803. The maximum absolute atomic E-state index is 3.68. The zero-order valence-electron chi connectivity index (χ0n) is 11.7. The maximum Gasteiger partial charge on any atom is 0.0731 e. The number of nitrogens with one attached hydrogen (secondary N) is 1. The lowest BCUT2D eigenvalue weighted by Gasteiger charge is -2.34. The molecule has 0 radical (unpaired) electrons. The summed E-state index contributed by atoms with van der Waals surface area (Å²) in [5.41, 5.74) is 1.39. The predicted molar refractivity (Wildman–Crippen MR) is 95.8 cm³/mol. The molecule has 0 spiro atoms. The van der Waals surface area contributed by atoms with Crippen molar-refractivity contribution in [1.29, 1.82) is 0 Å². The molecule has 0 amide bonds. The summed E-state index contributed by atoms with van der Waals surface area (Å²) in [6, 6.07) is 3.05. The van der Waals surface area contributed by atoms with Crippen molar-refractivity contribution in [3.05, 3.63) is 20.3 Å².